The van der Waals surface area contributed by atoms with Crippen LogP contribution in [0.5, 0.6) is 0 Å². The van der Waals surface area contributed by atoms with Crippen LogP contribution in [0.25, 0.3) is 0 Å². The van der Waals surface area contributed by atoms with E-state index in [1.54, 1.807) is 18.4 Å². The number of nitrogens with zero attached hydrogens (tertiary/aromatic N) is 2. The average molecular weight is 288 g/mol. The summed E-state index contributed by atoms with van der Waals surface area (Å²) < 4.78 is 11.1. The van der Waals surface area contributed by atoms with Crippen molar-refractivity contribution in [1.29, 1.82) is 0 Å². The van der Waals surface area contributed by atoms with E-state index in [0.717, 1.165) is 11.3 Å². The number of ether oxygens (including phenoxy) is 1. The van der Waals surface area contributed by atoms with Crippen LogP contribution in [0.15, 0.2) is 41.0 Å². The summed E-state index contributed by atoms with van der Waals surface area (Å²) in [6, 6.07) is 8.81. The molecule has 1 fully saturated rings. The maximum atomic E-state index is 11.3. The number of hydrogen-bond donors (Lipinski definition) is 0. The minimum atomic E-state index is -0.334. The average Bonchev–Trinajstić information content (AvgIpc) is 3.01. The van der Waals surface area contributed by atoms with E-state index in [0.29, 0.717) is 25.4 Å². The Morgan fingerprint density at radius 3 is 2.90 bits per heavy atom. The summed E-state index contributed by atoms with van der Waals surface area (Å²) in [4.78, 5) is 12.9. The summed E-state index contributed by atoms with van der Waals surface area (Å²) >= 11 is 0. The molecule has 1 aliphatic heterocycles. The lowest BCUT2D eigenvalue weighted by Gasteiger charge is -2.34. The molecule has 6 heteroatoms. The zero-order valence-corrected chi connectivity index (χ0v) is 11.7. The first-order chi connectivity index (χ1) is 10.2. The predicted octanol–water partition coefficient (Wildman–Crippen LogP) is 3.07. The summed E-state index contributed by atoms with van der Waals surface area (Å²) in [6.07, 6.45) is 1.40. The molecular weight excluding hydrogens is 272 g/mol. The van der Waals surface area contributed by atoms with Gasteiger partial charge >= 0.3 is 0 Å². The molecule has 21 heavy (non-hydrogen) atoms. The molecule has 6 nitrogen and oxygen atoms in total. The second-order valence-electron chi connectivity index (χ2n) is 5.02. The van der Waals surface area contributed by atoms with E-state index in [1.165, 1.54) is 0 Å². The van der Waals surface area contributed by atoms with Gasteiger partial charge in [-0.1, -0.05) is 12.1 Å². The van der Waals surface area contributed by atoms with Gasteiger partial charge in [-0.05, 0) is 24.6 Å². The molecule has 0 N–H and O–H groups in total. The molecule has 1 atom stereocenters. The Labute approximate surface area is 122 Å². The zero-order valence-electron chi connectivity index (χ0n) is 11.7. The van der Waals surface area contributed by atoms with E-state index in [4.69, 9.17) is 9.15 Å². The van der Waals surface area contributed by atoms with Crippen LogP contribution in [0.2, 0.25) is 0 Å². The monoisotopic (exact) mass is 288 g/mol. The fraction of sp³-hybridized carbons (Fsp3) is 0.333. The van der Waals surface area contributed by atoms with Gasteiger partial charge in [-0.15, -0.1) is 0 Å². The van der Waals surface area contributed by atoms with Crippen molar-refractivity contribution in [3.63, 3.8) is 0 Å². The Hall–Kier alpha value is -2.34. The van der Waals surface area contributed by atoms with Crippen molar-refractivity contribution in [2.75, 3.05) is 24.6 Å². The Bertz CT molecular complexity index is 639. The van der Waals surface area contributed by atoms with E-state index in [1.807, 2.05) is 30.0 Å². The highest BCUT2D eigenvalue weighted by Gasteiger charge is 2.29. The quantitative estimate of drug-likeness (QED) is 0.641. The molecule has 1 aromatic carbocycles. The highest BCUT2D eigenvalue weighted by Crippen LogP contribution is 2.35. The van der Waals surface area contributed by atoms with E-state index >= 15 is 0 Å². The largest absolute Gasteiger partial charge is 0.467 e. The molecule has 0 radical (unpaired) electrons. The van der Waals surface area contributed by atoms with E-state index < -0.39 is 0 Å². The van der Waals surface area contributed by atoms with Gasteiger partial charge in [-0.25, -0.2) is 0 Å². The normalized spacial score (nSPS) is 18.7. The molecule has 3 rings (SSSR count). The van der Waals surface area contributed by atoms with Crippen LogP contribution >= 0.6 is 0 Å². The third kappa shape index (κ3) is 2.62. The number of hydrogen-bond acceptors (Lipinski definition) is 5. The Kier molecular flexibility index (Phi) is 3.62. The molecule has 2 heterocycles. The van der Waals surface area contributed by atoms with Crippen LogP contribution in [-0.2, 0) is 4.74 Å². The third-order valence-corrected chi connectivity index (χ3v) is 3.66. The van der Waals surface area contributed by atoms with Gasteiger partial charge in [0.15, 0.2) is 0 Å². The summed E-state index contributed by atoms with van der Waals surface area (Å²) in [6.45, 7) is 3.57. The molecule has 1 aliphatic rings. The summed E-state index contributed by atoms with van der Waals surface area (Å²) in [5, 5.41) is 11.3. The van der Waals surface area contributed by atoms with Crippen LogP contribution in [-0.4, -0.2) is 24.6 Å². The molecule has 110 valence electrons. The second kappa shape index (κ2) is 5.57. The molecule has 1 unspecified atom stereocenters. The van der Waals surface area contributed by atoms with E-state index in [2.05, 4.69) is 0 Å². The third-order valence-electron chi connectivity index (χ3n) is 3.66. The van der Waals surface area contributed by atoms with Crippen molar-refractivity contribution in [3.8, 4) is 0 Å². The number of aryl methyl sites for hydroxylation is 1. The molecule has 0 amide bonds. The van der Waals surface area contributed by atoms with Gasteiger partial charge in [0.05, 0.1) is 24.3 Å². The minimum Gasteiger partial charge on any atom is -0.467 e. The Morgan fingerprint density at radius 1 is 1.33 bits per heavy atom. The second-order valence-corrected chi connectivity index (χ2v) is 5.02. The predicted molar refractivity (Wildman–Crippen MR) is 77.4 cm³/mol. The van der Waals surface area contributed by atoms with Gasteiger partial charge in [0.2, 0.25) is 0 Å². The highest BCUT2D eigenvalue weighted by atomic mass is 16.6. The van der Waals surface area contributed by atoms with Crippen molar-refractivity contribution in [2.24, 2.45) is 0 Å². The molecule has 2 aromatic rings. The number of morpholine rings is 1. The number of anilines is 1. The number of nitro groups is 1. The minimum absolute atomic E-state index is 0.134. The molecule has 0 saturated carbocycles. The molecular formula is C15H16N2O4. The summed E-state index contributed by atoms with van der Waals surface area (Å²) in [7, 11) is 0. The van der Waals surface area contributed by atoms with Crippen molar-refractivity contribution in [2.45, 2.75) is 13.0 Å². The highest BCUT2D eigenvalue weighted by molar-refractivity contribution is 5.68. The van der Waals surface area contributed by atoms with Crippen LogP contribution in [0.3, 0.4) is 0 Å². The van der Waals surface area contributed by atoms with Crippen molar-refractivity contribution < 1.29 is 14.1 Å². The van der Waals surface area contributed by atoms with Gasteiger partial charge < -0.3 is 14.1 Å². The van der Waals surface area contributed by atoms with Crippen molar-refractivity contribution >= 4 is 11.4 Å². The SMILES string of the molecule is Cc1cccc([N+](=O)[O-])c1N1CCOC(c2ccco2)C1. The first-order valence-electron chi connectivity index (χ1n) is 6.81. The smallest absolute Gasteiger partial charge is 0.292 e. The summed E-state index contributed by atoms with van der Waals surface area (Å²) in [5.41, 5.74) is 1.70. The lowest BCUT2D eigenvalue weighted by Crippen LogP contribution is -2.39. The molecule has 1 saturated heterocycles. The lowest BCUT2D eigenvalue weighted by atomic mass is 10.1. The fourth-order valence-electron chi connectivity index (χ4n) is 2.70. The Morgan fingerprint density at radius 2 is 2.19 bits per heavy atom. The number of rotatable bonds is 3. The molecule has 1 aromatic heterocycles. The van der Waals surface area contributed by atoms with Gasteiger partial charge in [-0.2, -0.15) is 0 Å². The lowest BCUT2D eigenvalue weighted by molar-refractivity contribution is -0.384. The van der Waals surface area contributed by atoms with Crippen molar-refractivity contribution in [3.05, 3.63) is 58.0 Å². The van der Waals surface area contributed by atoms with Crippen LogP contribution in [0.4, 0.5) is 11.4 Å². The molecule has 0 spiro atoms. The first-order valence-corrected chi connectivity index (χ1v) is 6.81. The van der Waals surface area contributed by atoms with Crippen LogP contribution in [0, 0.1) is 17.0 Å². The number of nitro benzene ring substituents is 1. The van der Waals surface area contributed by atoms with Gasteiger partial charge in [-0.3, -0.25) is 10.1 Å². The summed E-state index contributed by atoms with van der Waals surface area (Å²) in [5.74, 6) is 0.746. The van der Waals surface area contributed by atoms with Gasteiger partial charge in [0.1, 0.15) is 17.6 Å². The fourth-order valence-corrected chi connectivity index (χ4v) is 2.70. The first kappa shape index (κ1) is 13.6. The van der Waals surface area contributed by atoms with E-state index in [-0.39, 0.29) is 16.7 Å². The van der Waals surface area contributed by atoms with Crippen LogP contribution in [0.1, 0.15) is 17.4 Å². The molecule has 0 aliphatic carbocycles. The maximum absolute atomic E-state index is 11.3. The van der Waals surface area contributed by atoms with Gasteiger partial charge in [0, 0.05) is 12.6 Å². The standard InChI is InChI=1S/C15H16N2O4/c1-11-4-2-5-12(17(18)19)15(11)16-7-9-21-14(10-16)13-6-3-8-20-13/h2-6,8,14H,7,9-10H2,1H3. The van der Waals surface area contributed by atoms with Crippen molar-refractivity contribution in [1.82, 2.24) is 0 Å². The molecule has 0 bridgehead atoms. The topological polar surface area (TPSA) is 68.8 Å². The zero-order chi connectivity index (χ0) is 14.8. The number of para-hydroxylation sites is 1. The van der Waals surface area contributed by atoms with Gasteiger partial charge in [0.25, 0.3) is 5.69 Å². The maximum Gasteiger partial charge on any atom is 0.292 e. The van der Waals surface area contributed by atoms with E-state index in [9.17, 15) is 10.1 Å². The number of furan rings is 1. The number of benzene rings is 1. The van der Waals surface area contributed by atoms with Crippen LogP contribution < -0.4 is 4.90 Å². The Balaban J connectivity index is 1.92.